The Kier molecular flexibility index (Phi) is 5.66. The maximum Gasteiger partial charge on any atom is 0.470 e. The number of benzene rings is 2. The molecule has 0 unspecified atom stereocenters. The highest BCUT2D eigenvalue weighted by Crippen LogP contribution is 2.52. The highest BCUT2D eigenvalue weighted by molar-refractivity contribution is 6.89. The highest BCUT2D eigenvalue weighted by atomic mass is 16.8. The Morgan fingerprint density at radius 3 is 1.56 bits per heavy atom. The second kappa shape index (κ2) is 8.11. The first-order valence-electron chi connectivity index (χ1n) is 10.8. The van der Waals surface area contributed by atoms with E-state index in [2.05, 4.69) is 0 Å². The van der Waals surface area contributed by atoms with Crippen LogP contribution in [0.5, 0.6) is 0 Å². The van der Waals surface area contributed by atoms with Crippen molar-refractivity contribution in [1.29, 1.82) is 0 Å². The second-order valence-corrected chi connectivity index (χ2v) is 9.23. The SMILES string of the molecule is COC(=O)c1ccc(C2=C(c3ccc(C(=O)OC)cc3)[B-]3(OC2=O)OC(C)(C)C(C)(C)O3)cc1. The maximum atomic E-state index is 13.2. The van der Waals surface area contributed by atoms with Crippen molar-refractivity contribution < 1.29 is 37.8 Å². The molecule has 8 nitrogen and oxygen atoms in total. The fraction of sp³-hybridized carbons (Fsp3) is 0.320. The van der Waals surface area contributed by atoms with Crippen LogP contribution in [0.1, 0.15) is 59.5 Å². The van der Waals surface area contributed by atoms with E-state index in [1.807, 2.05) is 27.7 Å². The van der Waals surface area contributed by atoms with Crippen molar-refractivity contribution in [2.45, 2.75) is 38.9 Å². The number of ether oxygens (including phenoxy) is 2. The van der Waals surface area contributed by atoms with Crippen molar-refractivity contribution in [2.75, 3.05) is 14.2 Å². The van der Waals surface area contributed by atoms with Crippen LogP contribution in [0.15, 0.2) is 48.5 Å². The van der Waals surface area contributed by atoms with Gasteiger partial charge in [-0.15, -0.1) is 0 Å². The van der Waals surface area contributed by atoms with Crippen molar-refractivity contribution in [3.63, 3.8) is 0 Å². The largest absolute Gasteiger partial charge is 0.636 e. The molecule has 0 amide bonds. The lowest BCUT2D eigenvalue weighted by molar-refractivity contribution is -0.130. The summed E-state index contributed by atoms with van der Waals surface area (Å²) in [6, 6.07) is 13.0. The third-order valence-corrected chi connectivity index (χ3v) is 6.65. The molecule has 2 aliphatic heterocycles. The van der Waals surface area contributed by atoms with Gasteiger partial charge in [-0.2, -0.15) is 0 Å². The molecule has 2 aromatic carbocycles. The zero-order chi connectivity index (χ0) is 24.9. The van der Waals surface area contributed by atoms with Crippen molar-refractivity contribution in [2.24, 2.45) is 0 Å². The van der Waals surface area contributed by atoms with Crippen molar-refractivity contribution in [1.82, 2.24) is 0 Å². The lowest BCUT2D eigenvalue weighted by Crippen LogP contribution is -2.42. The van der Waals surface area contributed by atoms with Gasteiger partial charge in [-0.1, -0.05) is 35.3 Å². The van der Waals surface area contributed by atoms with E-state index in [0.717, 1.165) is 0 Å². The fourth-order valence-corrected chi connectivity index (χ4v) is 4.21. The van der Waals surface area contributed by atoms with E-state index >= 15 is 0 Å². The van der Waals surface area contributed by atoms with Gasteiger partial charge in [-0.3, -0.25) is 4.79 Å². The number of esters is 2. The van der Waals surface area contributed by atoms with Crippen LogP contribution in [-0.2, 0) is 28.2 Å². The first kappa shape index (κ1) is 23.7. The summed E-state index contributed by atoms with van der Waals surface area (Å²) < 4.78 is 28.1. The van der Waals surface area contributed by atoms with Gasteiger partial charge < -0.3 is 23.4 Å². The Hall–Kier alpha value is -3.43. The lowest BCUT2D eigenvalue weighted by Gasteiger charge is -2.36. The number of carbonyl (C=O) groups excluding carboxylic acids is 3. The molecule has 34 heavy (non-hydrogen) atoms. The van der Waals surface area contributed by atoms with Crippen LogP contribution in [-0.4, -0.2) is 50.1 Å². The quantitative estimate of drug-likeness (QED) is 0.497. The van der Waals surface area contributed by atoms with Gasteiger partial charge in [0.1, 0.15) is 0 Å². The molecule has 0 N–H and O–H groups in total. The number of rotatable bonds is 4. The standard InChI is InChI=1S/C25H26BO8/c1-24(2)25(3,4)34-26(33-24)20(16-9-13-18(14-10-16)22(28)31-6)19(23(29)32-26)15-7-11-17(12-8-15)21(27)30-5/h7-14H,1-6H3/q-1. The van der Waals surface area contributed by atoms with E-state index in [-0.39, 0.29) is 5.57 Å². The molecule has 0 aromatic heterocycles. The third-order valence-electron chi connectivity index (χ3n) is 6.65. The molecule has 0 atom stereocenters. The fourth-order valence-electron chi connectivity index (χ4n) is 4.21. The molecular formula is C25H26BO8-. The normalized spacial score (nSPS) is 19.8. The van der Waals surface area contributed by atoms with Gasteiger partial charge in [0.2, 0.25) is 0 Å². The number of carbonyl (C=O) groups is 3. The van der Waals surface area contributed by atoms with Crippen LogP contribution in [0, 0.1) is 0 Å². The molecule has 1 spiro atoms. The van der Waals surface area contributed by atoms with Gasteiger partial charge in [0.15, 0.2) is 0 Å². The van der Waals surface area contributed by atoms with Crippen molar-refractivity contribution in [3.8, 4) is 0 Å². The third kappa shape index (κ3) is 3.71. The Labute approximate surface area is 197 Å². The predicted molar refractivity (Wildman–Crippen MR) is 125 cm³/mol. The molecule has 0 aliphatic carbocycles. The molecule has 4 rings (SSSR count). The Morgan fingerprint density at radius 1 is 0.735 bits per heavy atom. The van der Waals surface area contributed by atoms with E-state index in [1.54, 1.807) is 48.5 Å². The minimum atomic E-state index is -2.64. The summed E-state index contributed by atoms with van der Waals surface area (Å²) in [6.45, 7) is 4.85. The maximum absolute atomic E-state index is 13.2. The van der Waals surface area contributed by atoms with Crippen LogP contribution in [0.25, 0.3) is 11.0 Å². The van der Waals surface area contributed by atoms with Crippen LogP contribution < -0.4 is 0 Å². The molecule has 0 bridgehead atoms. The summed E-state index contributed by atoms with van der Waals surface area (Å²) in [5.74, 6) is -1.57. The van der Waals surface area contributed by atoms with Crippen LogP contribution in [0.3, 0.4) is 0 Å². The Balaban J connectivity index is 1.91. The van der Waals surface area contributed by atoms with Gasteiger partial charge in [0.05, 0.1) is 25.3 Å². The van der Waals surface area contributed by atoms with Crippen LogP contribution >= 0.6 is 0 Å². The minimum absolute atomic E-state index is 0.260. The first-order valence-corrected chi connectivity index (χ1v) is 10.8. The smallest absolute Gasteiger partial charge is 0.470 e. The van der Waals surface area contributed by atoms with Crippen LogP contribution in [0.2, 0.25) is 0 Å². The lowest BCUT2D eigenvalue weighted by atomic mass is 9.64. The van der Waals surface area contributed by atoms with E-state index < -0.39 is 35.9 Å². The molecule has 2 aromatic rings. The van der Waals surface area contributed by atoms with E-state index in [0.29, 0.717) is 27.7 Å². The summed E-state index contributed by atoms with van der Waals surface area (Å²) in [5, 5.41) is 0. The van der Waals surface area contributed by atoms with Gasteiger partial charge in [0.25, 0.3) is 5.97 Å². The topological polar surface area (TPSA) is 97.4 Å². The molecule has 0 saturated carbocycles. The first-order chi connectivity index (χ1) is 15.9. The van der Waals surface area contributed by atoms with Gasteiger partial charge in [0, 0.05) is 16.8 Å². The van der Waals surface area contributed by atoms with Gasteiger partial charge in [-0.25, -0.2) is 9.59 Å². The van der Waals surface area contributed by atoms with Gasteiger partial charge >= 0.3 is 18.7 Å². The number of methoxy groups -OCH3 is 2. The highest BCUT2D eigenvalue weighted by Gasteiger charge is 2.60. The van der Waals surface area contributed by atoms with Crippen molar-refractivity contribution >= 4 is 35.7 Å². The predicted octanol–water partition coefficient (Wildman–Crippen LogP) is 3.81. The van der Waals surface area contributed by atoms with Crippen molar-refractivity contribution in [3.05, 3.63) is 70.8 Å². The zero-order valence-electron chi connectivity index (χ0n) is 20.0. The van der Waals surface area contributed by atoms with Gasteiger partial charge in [-0.05, 0) is 57.5 Å². The summed E-state index contributed by atoms with van der Waals surface area (Å²) in [5.41, 5.74) is 0.983. The Bertz CT molecular complexity index is 1180. The van der Waals surface area contributed by atoms with E-state index in [4.69, 9.17) is 23.4 Å². The summed E-state index contributed by atoms with van der Waals surface area (Å²) in [4.78, 5) is 37.0. The molecule has 1 fully saturated rings. The molecular weight excluding hydrogens is 439 g/mol. The molecule has 2 aliphatic rings. The molecule has 0 radical (unpaired) electrons. The van der Waals surface area contributed by atoms with E-state index in [9.17, 15) is 14.4 Å². The zero-order valence-corrected chi connectivity index (χ0v) is 20.0. The number of hydrogen-bond acceptors (Lipinski definition) is 8. The Morgan fingerprint density at radius 2 is 1.15 bits per heavy atom. The minimum Gasteiger partial charge on any atom is -0.636 e. The summed E-state index contributed by atoms with van der Waals surface area (Å²) in [7, 11) is 2.61. The number of hydrogen-bond donors (Lipinski definition) is 0. The van der Waals surface area contributed by atoms with Crippen LogP contribution in [0.4, 0.5) is 0 Å². The molecule has 2 heterocycles. The average molecular weight is 465 g/mol. The average Bonchev–Trinajstić information content (AvgIpc) is 3.17. The monoisotopic (exact) mass is 465 g/mol. The summed E-state index contributed by atoms with van der Waals surface area (Å²) in [6.07, 6.45) is 0. The molecule has 9 heteroatoms. The molecule has 178 valence electrons. The van der Waals surface area contributed by atoms with E-state index in [1.165, 1.54) is 14.2 Å². The summed E-state index contributed by atoms with van der Waals surface area (Å²) >= 11 is 0. The second-order valence-electron chi connectivity index (χ2n) is 9.23. The molecule has 1 saturated heterocycles.